The van der Waals surface area contributed by atoms with Gasteiger partial charge in [-0.1, -0.05) is 29.5 Å². The molecule has 2 aromatic carbocycles. The molecule has 0 saturated carbocycles. The van der Waals surface area contributed by atoms with Crippen LogP contribution in [-0.4, -0.2) is 34.0 Å². The van der Waals surface area contributed by atoms with Crippen LogP contribution in [0.1, 0.15) is 5.56 Å². The van der Waals surface area contributed by atoms with Crippen LogP contribution in [0.2, 0.25) is 0 Å². The highest BCUT2D eigenvalue weighted by molar-refractivity contribution is 7.99. The average Bonchev–Trinajstić information content (AvgIpc) is 3.43. The van der Waals surface area contributed by atoms with E-state index in [9.17, 15) is 4.79 Å². The Morgan fingerprint density at radius 1 is 1.10 bits per heavy atom. The minimum atomic E-state index is -0.189. The molecule has 0 saturated heterocycles. The summed E-state index contributed by atoms with van der Waals surface area (Å²) in [6, 6.07) is 15.4. The lowest BCUT2D eigenvalue weighted by Gasteiger charge is -2.01. The first kappa shape index (κ1) is 20.1. The van der Waals surface area contributed by atoms with Crippen molar-refractivity contribution in [1.82, 2.24) is 15.2 Å². The molecule has 9 heteroatoms. The molecule has 0 fully saturated rings. The Kier molecular flexibility index (Phi) is 6.10. The fourth-order valence-corrected chi connectivity index (χ4v) is 3.89. The molecule has 1 N–H and O–H groups in total. The van der Waals surface area contributed by atoms with Gasteiger partial charge < -0.3 is 14.5 Å². The fourth-order valence-electron chi connectivity index (χ4n) is 2.59. The van der Waals surface area contributed by atoms with Crippen LogP contribution in [-0.2, 0) is 4.79 Å². The van der Waals surface area contributed by atoms with Gasteiger partial charge in [-0.2, -0.15) is 0 Å². The first-order valence-corrected chi connectivity index (χ1v) is 10.9. The van der Waals surface area contributed by atoms with E-state index < -0.39 is 0 Å². The van der Waals surface area contributed by atoms with Crippen molar-refractivity contribution in [3.05, 3.63) is 59.5 Å². The highest BCUT2D eigenvalue weighted by Crippen LogP contribution is 2.27. The number of nitrogens with zero attached hydrogens (tertiary/aromatic N) is 3. The number of amides is 1. The predicted molar refractivity (Wildman–Crippen MR) is 118 cm³/mol. The van der Waals surface area contributed by atoms with Gasteiger partial charge in [0.05, 0.1) is 18.6 Å². The topological polar surface area (TPSA) is 90.1 Å². The number of carbonyl (C=O) groups is 1. The van der Waals surface area contributed by atoms with Crippen LogP contribution in [0, 0.1) is 6.92 Å². The van der Waals surface area contributed by atoms with Crippen LogP contribution in [0.5, 0.6) is 5.75 Å². The summed E-state index contributed by atoms with van der Waals surface area (Å²) < 4.78 is 10.8. The molecule has 152 valence electrons. The Morgan fingerprint density at radius 2 is 1.83 bits per heavy atom. The van der Waals surface area contributed by atoms with Crippen LogP contribution < -0.4 is 10.1 Å². The molecule has 0 unspecified atom stereocenters. The molecule has 7 nitrogen and oxygen atoms in total. The van der Waals surface area contributed by atoms with E-state index in [-0.39, 0.29) is 11.7 Å². The van der Waals surface area contributed by atoms with Gasteiger partial charge in [0, 0.05) is 16.5 Å². The largest absolute Gasteiger partial charge is 0.497 e. The molecule has 2 aromatic heterocycles. The number of ether oxygens (including phenoxy) is 1. The number of aromatic nitrogens is 3. The third-order valence-corrected chi connectivity index (χ3v) is 5.74. The first-order valence-electron chi connectivity index (χ1n) is 9.04. The maximum Gasteiger partial charge on any atom is 0.277 e. The SMILES string of the molecule is COc1ccc(-c2csc(NC(=O)CSc3nnc(-c4ccc(C)cc4)o3)n2)cc1. The second-order valence-electron chi connectivity index (χ2n) is 6.34. The average molecular weight is 439 g/mol. The zero-order valence-corrected chi connectivity index (χ0v) is 17.9. The van der Waals surface area contributed by atoms with Gasteiger partial charge in [0.25, 0.3) is 5.22 Å². The van der Waals surface area contributed by atoms with Crippen LogP contribution in [0.3, 0.4) is 0 Å². The minimum Gasteiger partial charge on any atom is -0.497 e. The normalized spacial score (nSPS) is 10.7. The van der Waals surface area contributed by atoms with Crippen molar-refractivity contribution in [3.63, 3.8) is 0 Å². The summed E-state index contributed by atoms with van der Waals surface area (Å²) in [7, 11) is 1.63. The van der Waals surface area contributed by atoms with Gasteiger partial charge >= 0.3 is 0 Å². The summed E-state index contributed by atoms with van der Waals surface area (Å²) in [5.74, 6) is 1.17. The van der Waals surface area contributed by atoms with E-state index in [0.29, 0.717) is 16.2 Å². The molecule has 4 aromatic rings. The maximum absolute atomic E-state index is 12.3. The molecule has 4 rings (SSSR count). The van der Waals surface area contributed by atoms with Crippen molar-refractivity contribution < 1.29 is 13.9 Å². The third-order valence-electron chi connectivity index (χ3n) is 4.17. The highest BCUT2D eigenvalue weighted by Gasteiger charge is 2.13. The lowest BCUT2D eigenvalue weighted by molar-refractivity contribution is -0.113. The van der Waals surface area contributed by atoms with Crippen LogP contribution in [0.4, 0.5) is 5.13 Å². The number of hydrogen-bond donors (Lipinski definition) is 1. The van der Waals surface area contributed by atoms with E-state index in [1.165, 1.54) is 23.1 Å². The second-order valence-corrected chi connectivity index (χ2v) is 8.13. The van der Waals surface area contributed by atoms with E-state index >= 15 is 0 Å². The maximum atomic E-state index is 12.3. The Hall–Kier alpha value is -3.17. The van der Waals surface area contributed by atoms with E-state index in [4.69, 9.17) is 9.15 Å². The zero-order valence-electron chi connectivity index (χ0n) is 16.3. The van der Waals surface area contributed by atoms with Gasteiger partial charge in [-0.3, -0.25) is 4.79 Å². The lowest BCUT2D eigenvalue weighted by atomic mass is 10.1. The number of anilines is 1. The van der Waals surface area contributed by atoms with Crippen molar-refractivity contribution >= 4 is 34.1 Å². The smallest absolute Gasteiger partial charge is 0.277 e. The van der Waals surface area contributed by atoms with Crippen molar-refractivity contribution in [2.75, 3.05) is 18.2 Å². The van der Waals surface area contributed by atoms with Gasteiger partial charge in [-0.05, 0) is 43.3 Å². The van der Waals surface area contributed by atoms with Gasteiger partial charge in [0.15, 0.2) is 5.13 Å². The van der Waals surface area contributed by atoms with Crippen LogP contribution in [0.25, 0.3) is 22.7 Å². The number of carbonyl (C=O) groups excluding carboxylic acids is 1. The van der Waals surface area contributed by atoms with Crippen LogP contribution >= 0.6 is 23.1 Å². The first-order chi connectivity index (χ1) is 14.6. The van der Waals surface area contributed by atoms with Gasteiger partial charge in [0.1, 0.15) is 5.75 Å². The number of methoxy groups -OCH3 is 1. The number of thiazole rings is 1. The number of hydrogen-bond acceptors (Lipinski definition) is 8. The molecule has 0 aliphatic heterocycles. The predicted octanol–water partition coefficient (Wildman–Crippen LogP) is 4.91. The Balaban J connectivity index is 1.32. The van der Waals surface area contributed by atoms with Gasteiger partial charge in [0.2, 0.25) is 11.8 Å². The molecular formula is C21H18N4O3S2. The molecule has 0 bridgehead atoms. The fraction of sp³-hybridized carbons (Fsp3) is 0.143. The summed E-state index contributed by atoms with van der Waals surface area (Å²) in [6.45, 7) is 2.01. The Bertz CT molecular complexity index is 1140. The lowest BCUT2D eigenvalue weighted by Crippen LogP contribution is -2.13. The molecule has 30 heavy (non-hydrogen) atoms. The Morgan fingerprint density at radius 3 is 2.57 bits per heavy atom. The molecule has 0 atom stereocenters. The van der Waals surface area contributed by atoms with Gasteiger partial charge in [-0.25, -0.2) is 4.98 Å². The summed E-state index contributed by atoms with van der Waals surface area (Å²) in [5.41, 5.74) is 3.75. The Labute approximate surface area is 181 Å². The molecular weight excluding hydrogens is 420 g/mol. The standard InChI is InChI=1S/C21H18N4O3S2/c1-13-3-5-15(6-4-13)19-24-25-21(28-19)30-12-18(26)23-20-22-17(11-29-20)14-7-9-16(27-2)10-8-14/h3-11H,12H2,1-2H3,(H,22,23,26). The molecule has 0 aliphatic carbocycles. The second kappa shape index (κ2) is 9.10. The molecule has 1 amide bonds. The number of rotatable bonds is 7. The summed E-state index contributed by atoms with van der Waals surface area (Å²) >= 11 is 2.56. The highest BCUT2D eigenvalue weighted by atomic mass is 32.2. The van der Waals surface area contributed by atoms with Crippen molar-refractivity contribution in [2.24, 2.45) is 0 Å². The number of benzene rings is 2. The minimum absolute atomic E-state index is 0.146. The molecule has 2 heterocycles. The summed E-state index contributed by atoms with van der Waals surface area (Å²) in [6.07, 6.45) is 0. The van der Waals surface area contributed by atoms with Crippen LogP contribution in [0.15, 0.2) is 63.6 Å². The number of nitrogens with one attached hydrogen (secondary N) is 1. The molecule has 0 aliphatic rings. The molecule has 0 spiro atoms. The third kappa shape index (κ3) is 4.87. The molecule has 0 radical (unpaired) electrons. The van der Waals surface area contributed by atoms with E-state index in [0.717, 1.165) is 28.1 Å². The monoisotopic (exact) mass is 438 g/mol. The van der Waals surface area contributed by atoms with E-state index in [1.54, 1.807) is 7.11 Å². The van der Waals surface area contributed by atoms with E-state index in [2.05, 4.69) is 20.5 Å². The van der Waals surface area contributed by atoms with Crippen molar-refractivity contribution in [3.8, 4) is 28.5 Å². The summed E-state index contributed by atoms with van der Waals surface area (Å²) in [4.78, 5) is 16.7. The van der Waals surface area contributed by atoms with Gasteiger partial charge in [-0.15, -0.1) is 21.5 Å². The quantitative estimate of drug-likeness (QED) is 0.410. The zero-order chi connectivity index (χ0) is 20.9. The summed E-state index contributed by atoms with van der Waals surface area (Å²) in [5, 5.41) is 13.6. The van der Waals surface area contributed by atoms with E-state index in [1.807, 2.05) is 60.8 Å². The van der Waals surface area contributed by atoms with Crippen molar-refractivity contribution in [1.29, 1.82) is 0 Å². The van der Waals surface area contributed by atoms with Crippen molar-refractivity contribution in [2.45, 2.75) is 12.1 Å². The number of aryl methyl sites for hydroxylation is 1. The number of thioether (sulfide) groups is 1.